The maximum Gasteiger partial charge on any atom is 0.242 e. The summed E-state index contributed by atoms with van der Waals surface area (Å²) in [6.07, 6.45) is 1.33. The first-order chi connectivity index (χ1) is 10.5. The zero-order chi connectivity index (χ0) is 16.6. The summed E-state index contributed by atoms with van der Waals surface area (Å²) in [4.78, 5) is 26.0. The third-order valence-electron chi connectivity index (χ3n) is 4.31. The molecule has 0 aliphatic heterocycles. The summed E-state index contributed by atoms with van der Waals surface area (Å²) >= 11 is 0. The van der Waals surface area contributed by atoms with Gasteiger partial charge in [0, 0.05) is 20.1 Å². The molecule has 0 heterocycles. The number of carbonyl (C=O) groups excluding carboxylic acids is 2. The molecule has 5 nitrogen and oxygen atoms in total. The average Bonchev–Trinajstić information content (AvgIpc) is 2.55. The highest BCUT2D eigenvalue weighted by Crippen LogP contribution is 2.24. The Hall–Kier alpha value is -1.88. The lowest BCUT2D eigenvalue weighted by atomic mass is 9.81. The van der Waals surface area contributed by atoms with Crippen molar-refractivity contribution in [1.29, 1.82) is 0 Å². The van der Waals surface area contributed by atoms with Crippen LogP contribution in [0.25, 0.3) is 0 Å². The van der Waals surface area contributed by atoms with Crippen molar-refractivity contribution < 1.29 is 9.59 Å². The van der Waals surface area contributed by atoms with Crippen LogP contribution in [0.3, 0.4) is 0 Å². The van der Waals surface area contributed by atoms with E-state index in [4.69, 9.17) is 5.73 Å². The van der Waals surface area contributed by atoms with E-state index in [1.54, 1.807) is 11.9 Å². The molecule has 0 aromatic heterocycles. The number of nitrogens with one attached hydrogen (secondary N) is 1. The van der Waals surface area contributed by atoms with Gasteiger partial charge in [0.1, 0.15) is 0 Å². The predicted molar refractivity (Wildman–Crippen MR) is 88.0 cm³/mol. The quantitative estimate of drug-likeness (QED) is 0.765. The van der Waals surface area contributed by atoms with Crippen molar-refractivity contribution in [2.24, 2.45) is 11.1 Å². The SMILES string of the molecule is CCC(CC)(CN)C(=O)NCC(=O)N(C)Cc1ccccc1. The van der Waals surface area contributed by atoms with Crippen LogP contribution in [-0.4, -0.2) is 36.9 Å². The Morgan fingerprint density at radius 1 is 1.18 bits per heavy atom. The summed E-state index contributed by atoms with van der Waals surface area (Å²) in [6, 6.07) is 9.75. The molecule has 0 aliphatic rings. The summed E-state index contributed by atoms with van der Waals surface area (Å²) in [5, 5.41) is 2.73. The summed E-state index contributed by atoms with van der Waals surface area (Å²) in [6.45, 7) is 4.71. The van der Waals surface area contributed by atoms with Gasteiger partial charge < -0.3 is 16.0 Å². The molecule has 0 bridgehead atoms. The van der Waals surface area contributed by atoms with Gasteiger partial charge in [0.15, 0.2) is 0 Å². The smallest absolute Gasteiger partial charge is 0.242 e. The van der Waals surface area contributed by atoms with E-state index in [1.807, 2.05) is 44.2 Å². The molecule has 5 heteroatoms. The second-order valence-electron chi connectivity index (χ2n) is 5.61. The second kappa shape index (κ2) is 8.54. The molecular formula is C17H27N3O2. The number of benzene rings is 1. The molecule has 0 spiro atoms. The Morgan fingerprint density at radius 2 is 1.77 bits per heavy atom. The van der Waals surface area contributed by atoms with Crippen LogP contribution in [0.4, 0.5) is 0 Å². The van der Waals surface area contributed by atoms with E-state index in [0.29, 0.717) is 25.9 Å². The Labute approximate surface area is 132 Å². The standard InChI is InChI=1S/C17H27N3O2/c1-4-17(5-2,13-18)16(22)19-11-15(21)20(3)12-14-9-7-6-8-10-14/h6-10H,4-5,11-13,18H2,1-3H3,(H,19,22). The van der Waals surface area contributed by atoms with Gasteiger partial charge in [0.05, 0.1) is 12.0 Å². The number of likely N-dealkylation sites (N-methyl/N-ethyl adjacent to an activating group) is 1. The van der Waals surface area contributed by atoms with Crippen molar-refractivity contribution in [1.82, 2.24) is 10.2 Å². The number of nitrogens with zero attached hydrogens (tertiary/aromatic N) is 1. The van der Waals surface area contributed by atoms with Crippen LogP contribution >= 0.6 is 0 Å². The summed E-state index contributed by atoms with van der Waals surface area (Å²) in [5.41, 5.74) is 6.23. The Morgan fingerprint density at radius 3 is 2.27 bits per heavy atom. The molecule has 1 aromatic carbocycles. The first kappa shape index (κ1) is 18.2. The van der Waals surface area contributed by atoms with Gasteiger partial charge in [-0.1, -0.05) is 44.2 Å². The molecule has 0 aliphatic carbocycles. The molecule has 0 saturated heterocycles. The Kier molecular flexibility index (Phi) is 7.05. The second-order valence-corrected chi connectivity index (χ2v) is 5.61. The lowest BCUT2D eigenvalue weighted by Crippen LogP contribution is -2.48. The monoisotopic (exact) mass is 305 g/mol. The molecule has 0 saturated carbocycles. The molecule has 3 N–H and O–H groups in total. The van der Waals surface area contributed by atoms with Crippen LogP contribution in [-0.2, 0) is 16.1 Å². The molecular weight excluding hydrogens is 278 g/mol. The van der Waals surface area contributed by atoms with Crippen molar-refractivity contribution in [3.63, 3.8) is 0 Å². The molecule has 1 aromatic rings. The highest BCUT2D eigenvalue weighted by atomic mass is 16.2. The van der Waals surface area contributed by atoms with E-state index in [9.17, 15) is 9.59 Å². The number of hydrogen-bond acceptors (Lipinski definition) is 3. The minimum absolute atomic E-state index is 0.00389. The van der Waals surface area contributed by atoms with Gasteiger partial charge >= 0.3 is 0 Å². The molecule has 122 valence electrons. The highest BCUT2D eigenvalue weighted by molar-refractivity contribution is 5.88. The molecule has 0 fully saturated rings. The van der Waals surface area contributed by atoms with E-state index < -0.39 is 5.41 Å². The van der Waals surface area contributed by atoms with Gasteiger partial charge in [-0.15, -0.1) is 0 Å². The van der Waals surface area contributed by atoms with Crippen LogP contribution in [0.5, 0.6) is 0 Å². The fourth-order valence-corrected chi connectivity index (χ4v) is 2.38. The molecule has 0 unspecified atom stereocenters. The maximum absolute atomic E-state index is 12.3. The molecule has 22 heavy (non-hydrogen) atoms. The fourth-order valence-electron chi connectivity index (χ4n) is 2.38. The van der Waals surface area contributed by atoms with Crippen LogP contribution in [0.1, 0.15) is 32.3 Å². The van der Waals surface area contributed by atoms with Gasteiger partial charge in [0.25, 0.3) is 0 Å². The number of carbonyl (C=O) groups is 2. The Bertz CT molecular complexity index is 476. The minimum Gasteiger partial charge on any atom is -0.347 e. The van der Waals surface area contributed by atoms with Crippen LogP contribution in [0.15, 0.2) is 30.3 Å². The Balaban J connectivity index is 2.53. The average molecular weight is 305 g/mol. The number of nitrogens with two attached hydrogens (primary N) is 1. The van der Waals surface area contributed by atoms with E-state index in [-0.39, 0.29) is 18.4 Å². The topological polar surface area (TPSA) is 75.4 Å². The van der Waals surface area contributed by atoms with Crippen LogP contribution in [0, 0.1) is 5.41 Å². The van der Waals surface area contributed by atoms with Gasteiger partial charge in [-0.3, -0.25) is 9.59 Å². The lowest BCUT2D eigenvalue weighted by molar-refractivity contribution is -0.136. The highest BCUT2D eigenvalue weighted by Gasteiger charge is 2.33. The molecule has 2 amide bonds. The van der Waals surface area contributed by atoms with Crippen LogP contribution in [0.2, 0.25) is 0 Å². The molecule has 1 rings (SSSR count). The van der Waals surface area contributed by atoms with Gasteiger partial charge in [-0.25, -0.2) is 0 Å². The van der Waals surface area contributed by atoms with E-state index in [1.165, 1.54) is 0 Å². The molecule has 0 radical (unpaired) electrons. The van der Waals surface area contributed by atoms with E-state index >= 15 is 0 Å². The zero-order valence-electron chi connectivity index (χ0n) is 13.8. The van der Waals surface area contributed by atoms with E-state index in [0.717, 1.165) is 5.56 Å². The summed E-state index contributed by atoms with van der Waals surface area (Å²) < 4.78 is 0. The van der Waals surface area contributed by atoms with Crippen LogP contribution < -0.4 is 11.1 Å². The van der Waals surface area contributed by atoms with Gasteiger partial charge in [0.2, 0.25) is 11.8 Å². The largest absolute Gasteiger partial charge is 0.347 e. The van der Waals surface area contributed by atoms with Gasteiger partial charge in [-0.2, -0.15) is 0 Å². The minimum atomic E-state index is -0.571. The summed E-state index contributed by atoms with van der Waals surface area (Å²) in [7, 11) is 1.73. The normalized spacial score (nSPS) is 11.1. The number of hydrogen-bond donors (Lipinski definition) is 2. The zero-order valence-corrected chi connectivity index (χ0v) is 13.8. The van der Waals surface area contributed by atoms with Crippen molar-refractivity contribution >= 4 is 11.8 Å². The third-order valence-corrected chi connectivity index (χ3v) is 4.31. The lowest BCUT2D eigenvalue weighted by Gasteiger charge is -2.28. The first-order valence-electron chi connectivity index (χ1n) is 7.75. The predicted octanol–water partition coefficient (Wildman–Crippen LogP) is 1.53. The van der Waals surface area contributed by atoms with Crippen molar-refractivity contribution in [3.8, 4) is 0 Å². The number of amides is 2. The van der Waals surface area contributed by atoms with E-state index in [2.05, 4.69) is 5.32 Å². The summed E-state index contributed by atoms with van der Waals surface area (Å²) in [5.74, 6) is -0.253. The molecule has 0 atom stereocenters. The van der Waals surface area contributed by atoms with Gasteiger partial charge in [-0.05, 0) is 18.4 Å². The first-order valence-corrected chi connectivity index (χ1v) is 7.75. The van der Waals surface area contributed by atoms with Crippen molar-refractivity contribution in [3.05, 3.63) is 35.9 Å². The fraction of sp³-hybridized carbons (Fsp3) is 0.529. The maximum atomic E-state index is 12.3. The number of rotatable bonds is 8. The third kappa shape index (κ3) is 4.56. The van der Waals surface area contributed by atoms with Crippen molar-refractivity contribution in [2.45, 2.75) is 33.2 Å². The van der Waals surface area contributed by atoms with Crippen molar-refractivity contribution in [2.75, 3.05) is 20.1 Å².